The van der Waals surface area contributed by atoms with Crippen LogP contribution >= 0.6 is 16.1 Å². The summed E-state index contributed by atoms with van der Waals surface area (Å²) in [5, 5.41) is 10.9. The first kappa shape index (κ1) is 9.90. The number of esters is 1. The number of tetrazole rings is 1. The number of anilines is 1. The van der Waals surface area contributed by atoms with Gasteiger partial charge in [0, 0.05) is 16.1 Å². The Morgan fingerprint density at radius 3 is 3.08 bits per heavy atom. The predicted molar refractivity (Wildman–Crippen MR) is 47.0 cm³/mol. The number of halogens is 1. The molecule has 0 aliphatic carbocycles. The third-order valence-electron chi connectivity index (χ3n) is 1.11. The van der Waals surface area contributed by atoms with Gasteiger partial charge in [0.05, 0.1) is 6.61 Å². The van der Waals surface area contributed by atoms with Gasteiger partial charge in [0.1, 0.15) is 0 Å². The lowest BCUT2D eigenvalue weighted by Gasteiger charge is -1.98. The van der Waals surface area contributed by atoms with E-state index < -0.39 is 0 Å². The zero-order valence-electron chi connectivity index (χ0n) is 6.90. The van der Waals surface area contributed by atoms with Crippen molar-refractivity contribution in [2.45, 2.75) is 13.5 Å². The highest BCUT2D eigenvalue weighted by Gasteiger charge is 2.06. The van der Waals surface area contributed by atoms with Gasteiger partial charge in [-0.2, -0.15) is 4.80 Å². The summed E-state index contributed by atoms with van der Waals surface area (Å²) >= 11 is 2.92. The zero-order chi connectivity index (χ0) is 9.68. The molecule has 0 amide bonds. The molecule has 1 heterocycles. The molecule has 8 heteroatoms. The first-order chi connectivity index (χ1) is 6.26. The van der Waals surface area contributed by atoms with Crippen LogP contribution in [0, 0.1) is 0 Å². The molecule has 1 aromatic heterocycles. The molecule has 0 saturated carbocycles. The van der Waals surface area contributed by atoms with Gasteiger partial charge < -0.3 is 4.74 Å². The summed E-state index contributed by atoms with van der Waals surface area (Å²) in [5.41, 5.74) is 0. The van der Waals surface area contributed by atoms with E-state index in [0.29, 0.717) is 12.6 Å². The van der Waals surface area contributed by atoms with Gasteiger partial charge in [0.15, 0.2) is 6.54 Å². The molecule has 0 bridgehead atoms. The molecule has 1 N–H and O–H groups in total. The number of rotatable bonds is 4. The topological polar surface area (TPSA) is 81.9 Å². The second-order valence-corrected chi connectivity index (χ2v) is 2.44. The summed E-state index contributed by atoms with van der Waals surface area (Å²) in [7, 11) is 0. The molecule has 0 aliphatic heterocycles. The van der Waals surface area contributed by atoms with Crippen LogP contribution in [0.4, 0.5) is 5.95 Å². The molecule has 0 spiro atoms. The lowest BCUT2D eigenvalue weighted by molar-refractivity contribution is -0.144. The third kappa shape index (κ3) is 2.98. The number of carbonyl (C=O) groups excluding carboxylic acids is 1. The number of hydrogen-bond acceptors (Lipinski definition) is 6. The highest BCUT2D eigenvalue weighted by Crippen LogP contribution is 1.95. The summed E-state index contributed by atoms with van der Waals surface area (Å²) in [6, 6.07) is 0. The Balaban J connectivity index is 2.49. The lowest BCUT2D eigenvalue weighted by Crippen LogP contribution is -2.15. The van der Waals surface area contributed by atoms with E-state index in [0.717, 1.165) is 4.80 Å². The van der Waals surface area contributed by atoms with Crippen LogP contribution in [-0.2, 0) is 16.1 Å². The summed E-state index contributed by atoms with van der Waals surface area (Å²) in [6.07, 6.45) is 0. The lowest BCUT2D eigenvalue weighted by atomic mass is 10.7. The molecule has 13 heavy (non-hydrogen) atoms. The van der Waals surface area contributed by atoms with Crippen molar-refractivity contribution in [3.8, 4) is 0 Å². The number of nitrogens with one attached hydrogen (secondary N) is 1. The maximum atomic E-state index is 10.9. The quantitative estimate of drug-likeness (QED) is 0.596. The Morgan fingerprint density at radius 1 is 1.77 bits per heavy atom. The second-order valence-electron chi connectivity index (χ2n) is 2.04. The fourth-order valence-corrected chi connectivity index (χ4v) is 0.829. The first-order valence-electron chi connectivity index (χ1n) is 3.56. The Hall–Kier alpha value is -1.18. The van der Waals surface area contributed by atoms with Crippen LogP contribution in [0.2, 0.25) is 0 Å². The van der Waals surface area contributed by atoms with Crippen molar-refractivity contribution < 1.29 is 9.53 Å². The zero-order valence-corrected chi connectivity index (χ0v) is 8.48. The van der Waals surface area contributed by atoms with Crippen LogP contribution in [-0.4, -0.2) is 32.8 Å². The fraction of sp³-hybridized carbons (Fsp3) is 0.600. The summed E-state index contributed by atoms with van der Waals surface area (Å²) in [4.78, 5) is 12.1. The summed E-state index contributed by atoms with van der Waals surface area (Å²) in [6.45, 7) is 2.05. The van der Waals surface area contributed by atoms with E-state index in [1.54, 1.807) is 6.92 Å². The molecule has 7 nitrogen and oxygen atoms in total. The van der Waals surface area contributed by atoms with E-state index in [1.165, 1.54) is 0 Å². The average Bonchev–Trinajstić information content (AvgIpc) is 2.52. The van der Waals surface area contributed by atoms with Crippen LogP contribution in [0.3, 0.4) is 0 Å². The molecule has 0 aliphatic rings. The molecule has 1 aromatic rings. The number of carbonyl (C=O) groups is 1. The average molecular weight is 250 g/mol. The molecule has 0 fully saturated rings. The molecule has 0 saturated heterocycles. The Bertz CT molecular complexity index is 288. The molecule has 0 unspecified atom stereocenters. The number of nitrogens with zero attached hydrogens (tertiary/aromatic N) is 4. The molecule has 0 atom stereocenters. The molecule has 1 rings (SSSR count). The van der Waals surface area contributed by atoms with E-state index in [2.05, 4.69) is 40.6 Å². The normalized spacial score (nSPS) is 9.69. The largest absolute Gasteiger partial charge is 0.465 e. The van der Waals surface area contributed by atoms with Crippen molar-refractivity contribution in [1.82, 2.24) is 20.2 Å². The van der Waals surface area contributed by atoms with Crippen molar-refractivity contribution in [2.24, 2.45) is 0 Å². The number of ether oxygens (including phenoxy) is 1. The van der Waals surface area contributed by atoms with Gasteiger partial charge in [-0.05, 0) is 12.1 Å². The van der Waals surface area contributed by atoms with E-state index in [1.807, 2.05) is 0 Å². The second kappa shape index (κ2) is 4.75. The minimum atomic E-state index is -0.388. The van der Waals surface area contributed by atoms with Crippen molar-refractivity contribution in [1.29, 1.82) is 0 Å². The van der Waals surface area contributed by atoms with Gasteiger partial charge in [-0.1, -0.05) is 5.10 Å². The van der Waals surface area contributed by atoms with Crippen LogP contribution in [0.25, 0.3) is 0 Å². The highest BCUT2D eigenvalue weighted by molar-refractivity contribution is 9.10. The molecular weight excluding hydrogens is 242 g/mol. The maximum absolute atomic E-state index is 10.9. The minimum absolute atomic E-state index is 0.0322. The minimum Gasteiger partial charge on any atom is -0.465 e. The molecule has 0 aromatic carbocycles. The Kier molecular flexibility index (Phi) is 3.62. The van der Waals surface area contributed by atoms with Crippen molar-refractivity contribution >= 4 is 28.1 Å². The van der Waals surface area contributed by atoms with Crippen molar-refractivity contribution in [2.75, 3.05) is 10.9 Å². The fourth-order valence-electron chi connectivity index (χ4n) is 0.670. The van der Waals surface area contributed by atoms with Crippen LogP contribution in [0.15, 0.2) is 0 Å². The van der Waals surface area contributed by atoms with Gasteiger partial charge in [-0.25, -0.2) is 4.79 Å². The predicted octanol–water partition coefficient (Wildman–Crippen LogP) is -0.0420. The SMILES string of the molecule is CCOC(=O)Cn1nnc(NBr)n1. The standard InChI is InChI=1S/C5H8BrN5O2/c1-2-13-4(12)3-11-9-5(7-6)8-10-11/h2-3H2,1H3,(H,7,9). The molecule has 0 radical (unpaired) electrons. The van der Waals surface area contributed by atoms with Gasteiger partial charge in [-0.3, -0.25) is 4.34 Å². The first-order valence-corrected chi connectivity index (χ1v) is 4.35. The van der Waals surface area contributed by atoms with E-state index in [4.69, 9.17) is 0 Å². The van der Waals surface area contributed by atoms with Crippen LogP contribution in [0.5, 0.6) is 0 Å². The van der Waals surface area contributed by atoms with Gasteiger partial charge in [0.2, 0.25) is 0 Å². The van der Waals surface area contributed by atoms with Gasteiger partial charge in [0.25, 0.3) is 5.95 Å². The Morgan fingerprint density at radius 2 is 2.54 bits per heavy atom. The van der Waals surface area contributed by atoms with Crippen LogP contribution in [0.1, 0.15) is 6.92 Å². The van der Waals surface area contributed by atoms with E-state index >= 15 is 0 Å². The van der Waals surface area contributed by atoms with E-state index in [9.17, 15) is 4.79 Å². The monoisotopic (exact) mass is 249 g/mol. The molecule has 72 valence electrons. The van der Waals surface area contributed by atoms with Crippen molar-refractivity contribution in [3.05, 3.63) is 0 Å². The van der Waals surface area contributed by atoms with Gasteiger partial charge >= 0.3 is 5.97 Å². The van der Waals surface area contributed by atoms with E-state index in [-0.39, 0.29) is 12.5 Å². The maximum Gasteiger partial charge on any atom is 0.329 e. The Labute approximate surface area is 82.8 Å². The summed E-state index contributed by atoms with van der Waals surface area (Å²) < 4.78 is 7.20. The highest BCUT2D eigenvalue weighted by atomic mass is 79.9. The van der Waals surface area contributed by atoms with Gasteiger partial charge in [-0.15, -0.1) is 5.10 Å². The van der Waals surface area contributed by atoms with Crippen molar-refractivity contribution in [3.63, 3.8) is 0 Å². The number of aromatic nitrogens is 4. The third-order valence-corrected chi connectivity index (χ3v) is 1.47. The number of hydrogen-bond donors (Lipinski definition) is 1. The van der Waals surface area contributed by atoms with Crippen LogP contribution < -0.4 is 4.34 Å². The molecular formula is C5H8BrN5O2. The summed E-state index contributed by atoms with van der Waals surface area (Å²) in [5.74, 6) is -0.0923. The smallest absolute Gasteiger partial charge is 0.329 e.